The standard InChI is InChI=1S/C21H32N4O2/c1-23(18-10-6-3-7-11-18)19(26)16-24-12-14-25(15-13-24)20(21(22)27)17-8-4-2-5-9-17/h2,4-5,8-9,18,20H,3,6-7,10-16H2,1H3,(H2,22,27). The molecule has 1 heterocycles. The Labute approximate surface area is 162 Å². The van der Waals surface area contributed by atoms with E-state index in [4.69, 9.17) is 5.73 Å². The number of likely N-dealkylation sites (N-methyl/N-ethyl adjacent to an activating group) is 1. The summed E-state index contributed by atoms with van der Waals surface area (Å²) >= 11 is 0. The zero-order chi connectivity index (χ0) is 19.2. The third-order valence-electron chi connectivity index (χ3n) is 6.03. The Bertz CT molecular complexity index is 622. The van der Waals surface area contributed by atoms with E-state index in [0.717, 1.165) is 44.6 Å². The first-order valence-electron chi connectivity index (χ1n) is 10.1. The maximum atomic E-state index is 12.7. The van der Waals surface area contributed by atoms with Crippen LogP contribution in [0.1, 0.15) is 43.7 Å². The van der Waals surface area contributed by atoms with E-state index < -0.39 is 6.04 Å². The van der Waals surface area contributed by atoms with E-state index in [2.05, 4.69) is 9.80 Å². The van der Waals surface area contributed by atoms with Crippen molar-refractivity contribution >= 4 is 11.8 Å². The van der Waals surface area contributed by atoms with Gasteiger partial charge in [0.2, 0.25) is 11.8 Å². The number of rotatable bonds is 6. The number of carbonyl (C=O) groups excluding carboxylic acids is 2. The molecule has 0 aromatic heterocycles. The summed E-state index contributed by atoms with van der Waals surface area (Å²) in [6, 6.07) is 9.71. The van der Waals surface area contributed by atoms with Crippen LogP contribution in [0.3, 0.4) is 0 Å². The lowest BCUT2D eigenvalue weighted by Gasteiger charge is -2.39. The van der Waals surface area contributed by atoms with Gasteiger partial charge >= 0.3 is 0 Å². The first kappa shape index (κ1) is 19.8. The van der Waals surface area contributed by atoms with E-state index in [-0.39, 0.29) is 11.8 Å². The highest BCUT2D eigenvalue weighted by atomic mass is 16.2. The van der Waals surface area contributed by atoms with Crippen LogP contribution < -0.4 is 5.73 Å². The van der Waals surface area contributed by atoms with E-state index in [0.29, 0.717) is 12.6 Å². The summed E-state index contributed by atoms with van der Waals surface area (Å²) in [5.74, 6) is -0.104. The summed E-state index contributed by atoms with van der Waals surface area (Å²) in [4.78, 5) is 31.0. The van der Waals surface area contributed by atoms with Crippen LogP contribution in [0, 0.1) is 0 Å². The molecule has 1 saturated heterocycles. The summed E-state index contributed by atoms with van der Waals surface area (Å²) in [5, 5.41) is 0. The van der Waals surface area contributed by atoms with Crippen molar-refractivity contribution in [1.82, 2.24) is 14.7 Å². The highest BCUT2D eigenvalue weighted by Gasteiger charge is 2.30. The van der Waals surface area contributed by atoms with Crippen molar-refractivity contribution in [2.75, 3.05) is 39.8 Å². The number of amides is 2. The monoisotopic (exact) mass is 372 g/mol. The van der Waals surface area contributed by atoms with Crippen LogP contribution in [0.5, 0.6) is 0 Å². The Kier molecular flexibility index (Phi) is 6.85. The minimum Gasteiger partial charge on any atom is -0.368 e. The van der Waals surface area contributed by atoms with Crippen molar-refractivity contribution in [3.05, 3.63) is 35.9 Å². The van der Waals surface area contributed by atoms with Crippen molar-refractivity contribution in [2.24, 2.45) is 5.73 Å². The third-order valence-corrected chi connectivity index (χ3v) is 6.03. The van der Waals surface area contributed by atoms with Gasteiger partial charge in [-0.25, -0.2) is 0 Å². The second kappa shape index (κ2) is 9.33. The highest BCUT2D eigenvalue weighted by Crippen LogP contribution is 2.23. The van der Waals surface area contributed by atoms with Gasteiger partial charge in [-0.2, -0.15) is 0 Å². The Balaban J connectivity index is 1.52. The van der Waals surface area contributed by atoms with Gasteiger partial charge in [0, 0.05) is 39.3 Å². The number of nitrogens with two attached hydrogens (primary N) is 1. The van der Waals surface area contributed by atoms with Crippen LogP contribution in [0.25, 0.3) is 0 Å². The van der Waals surface area contributed by atoms with E-state index >= 15 is 0 Å². The number of primary amides is 1. The second-order valence-corrected chi connectivity index (χ2v) is 7.82. The van der Waals surface area contributed by atoms with Gasteiger partial charge in [-0.3, -0.25) is 19.4 Å². The molecule has 2 amide bonds. The maximum Gasteiger partial charge on any atom is 0.239 e. The van der Waals surface area contributed by atoms with Crippen LogP contribution in [0.4, 0.5) is 0 Å². The van der Waals surface area contributed by atoms with Crippen molar-refractivity contribution in [2.45, 2.75) is 44.2 Å². The quantitative estimate of drug-likeness (QED) is 0.824. The minimum absolute atomic E-state index is 0.213. The molecule has 0 bridgehead atoms. The molecule has 1 aromatic rings. The molecule has 2 N–H and O–H groups in total. The predicted molar refractivity (Wildman–Crippen MR) is 106 cm³/mol. The van der Waals surface area contributed by atoms with Gasteiger partial charge in [0.25, 0.3) is 0 Å². The fraction of sp³-hybridized carbons (Fsp3) is 0.619. The number of benzene rings is 1. The lowest BCUT2D eigenvalue weighted by molar-refractivity contribution is -0.135. The molecule has 1 saturated carbocycles. The summed E-state index contributed by atoms with van der Waals surface area (Å²) < 4.78 is 0. The molecular weight excluding hydrogens is 340 g/mol. The van der Waals surface area contributed by atoms with Crippen LogP contribution in [-0.2, 0) is 9.59 Å². The maximum absolute atomic E-state index is 12.7. The fourth-order valence-corrected chi connectivity index (χ4v) is 4.34. The van der Waals surface area contributed by atoms with Crippen molar-refractivity contribution in [3.8, 4) is 0 Å². The molecule has 1 unspecified atom stereocenters. The Hall–Kier alpha value is -1.92. The fourth-order valence-electron chi connectivity index (χ4n) is 4.34. The van der Waals surface area contributed by atoms with E-state index in [1.165, 1.54) is 19.3 Å². The van der Waals surface area contributed by atoms with E-state index in [1.807, 2.05) is 42.3 Å². The topological polar surface area (TPSA) is 69.9 Å². The predicted octanol–water partition coefficient (Wildman–Crippen LogP) is 1.62. The number of hydrogen-bond acceptors (Lipinski definition) is 4. The lowest BCUT2D eigenvalue weighted by atomic mass is 9.94. The van der Waals surface area contributed by atoms with E-state index in [1.54, 1.807) is 0 Å². The Morgan fingerprint density at radius 3 is 2.30 bits per heavy atom. The third kappa shape index (κ3) is 5.08. The smallest absolute Gasteiger partial charge is 0.239 e. The second-order valence-electron chi connectivity index (χ2n) is 7.82. The highest BCUT2D eigenvalue weighted by molar-refractivity contribution is 5.81. The van der Waals surface area contributed by atoms with Gasteiger partial charge in [-0.1, -0.05) is 49.6 Å². The molecule has 1 aromatic carbocycles. The molecule has 6 nitrogen and oxygen atoms in total. The summed E-state index contributed by atoms with van der Waals surface area (Å²) in [6.07, 6.45) is 6.02. The summed E-state index contributed by atoms with van der Waals surface area (Å²) in [6.45, 7) is 3.50. The zero-order valence-corrected chi connectivity index (χ0v) is 16.3. The molecule has 1 aliphatic carbocycles. The number of carbonyl (C=O) groups is 2. The normalized spacial score (nSPS) is 20.9. The number of nitrogens with zero attached hydrogens (tertiary/aromatic N) is 3. The Morgan fingerprint density at radius 1 is 1.07 bits per heavy atom. The average Bonchev–Trinajstić information content (AvgIpc) is 2.70. The van der Waals surface area contributed by atoms with Gasteiger partial charge < -0.3 is 10.6 Å². The van der Waals surface area contributed by atoms with Crippen molar-refractivity contribution in [3.63, 3.8) is 0 Å². The molecule has 3 rings (SSSR count). The van der Waals surface area contributed by atoms with Crippen molar-refractivity contribution in [1.29, 1.82) is 0 Å². The number of piperazine rings is 1. The molecule has 27 heavy (non-hydrogen) atoms. The summed E-state index contributed by atoms with van der Waals surface area (Å²) in [7, 11) is 1.95. The van der Waals surface area contributed by atoms with Crippen LogP contribution in [0.15, 0.2) is 30.3 Å². The molecule has 1 aliphatic heterocycles. The van der Waals surface area contributed by atoms with Crippen LogP contribution >= 0.6 is 0 Å². The molecule has 2 fully saturated rings. The largest absolute Gasteiger partial charge is 0.368 e. The summed E-state index contributed by atoms with van der Waals surface area (Å²) in [5.41, 5.74) is 6.62. The van der Waals surface area contributed by atoms with E-state index in [9.17, 15) is 9.59 Å². The molecule has 148 valence electrons. The lowest BCUT2D eigenvalue weighted by Crippen LogP contribution is -2.53. The Morgan fingerprint density at radius 2 is 1.70 bits per heavy atom. The van der Waals surface area contributed by atoms with Crippen molar-refractivity contribution < 1.29 is 9.59 Å². The van der Waals surface area contributed by atoms with Gasteiger partial charge in [0.05, 0.1) is 6.54 Å². The van der Waals surface area contributed by atoms with Crippen LogP contribution in [0.2, 0.25) is 0 Å². The SMILES string of the molecule is CN(C(=O)CN1CCN(C(C(N)=O)c2ccccc2)CC1)C1CCCCC1. The molecule has 6 heteroatoms. The molecule has 0 spiro atoms. The minimum atomic E-state index is -0.394. The van der Waals surface area contributed by atoms with Gasteiger partial charge in [-0.05, 0) is 18.4 Å². The van der Waals surface area contributed by atoms with Crippen LogP contribution in [-0.4, -0.2) is 72.3 Å². The van der Waals surface area contributed by atoms with Gasteiger partial charge in [-0.15, -0.1) is 0 Å². The van der Waals surface area contributed by atoms with Gasteiger partial charge in [0.1, 0.15) is 6.04 Å². The number of hydrogen-bond donors (Lipinski definition) is 1. The van der Waals surface area contributed by atoms with Gasteiger partial charge in [0.15, 0.2) is 0 Å². The first-order chi connectivity index (χ1) is 13.1. The molecule has 1 atom stereocenters. The molecule has 2 aliphatic rings. The first-order valence-corrected chi connectivity index (χ1v) is 10.1. The molecule has 0 radical (unpaired) electrons. The zero-order valence-electron chi connectivity index (χ0n) is 16.3. The molecular formula is C21H32N4O2. The average molecular weight is 373 g/mol.